The van der Waals surface area contributed by atoms with E-state index < -0.39 is 10.0 Å². The molecule has 1 aliphatic rings. The lowest BCUT2D eigenvalue weighted by atomic mass is 9.83. The van der Waals surface area contributed by atoms with Crippen molar-refractivity contribution >= 4 is 10.0 Å². The Balaban J connectivity index is 2.30. The minimum absolute atomic E-state index is 0.177. The molecule has 0 amide bonds. The number of hydrogen-bond donors (Lipinski definition) is 2. The monoisotopic (exact) mass is 248 g/mol. The Kier molecular flexibility index (Phi) is 5.72. The molecule has 5 heteroatoms. The van der Waals surface area contributed by atoms with Crippen LogP contribution in [0.3, 0.4) is 0 Å². The molecule has 0 aromatic rings. The van der Waals surface area contributed by atoms with Crippen LogP contribution in [0.4, 0.5) is 0 Å². The van der Waals surface area contributed by atoms with E-state index in [0.717, 1.165) is 5.92 Å². The lowest BCUT2D eigenvalue weighted by Gasteiger charge is -2.31. The Morgan fingerprint density at radius 1 is 1.25 bits per heavy atom. The van der Waals surface area contributed by atoms with E-state index >= 15 is 0 Å². The molecule has 2 atom stereocenters. The van der Waals surface area contributed by atoms with E-state index in [0.29, 0.717) is 12.6 Å². The smallest absolute Gasteiger partial charge is 0.212 e. The van der Waals surface area contributed by atoms with Crippen molar-refractivity contribution in [1.82, 2.24) is 10.0 Å². The zero-order valence-electron chi connectivity index (χ0n) is 10.3. The molecule has 1 saturated carbocycles. The fraction of sp³-hybridized carbons (Fsp3) is 1.00. The SMILES string of the molecule is CCC1CCCCC1NCCS(=O)(=O)NC. The van der Waals surface area contributed by atoms with Crippen LogP contribution in [0.1, 0.15) is 39.0 Å². The van der Waals surface area contributed by atoms with Crippen LogP contribution in [0.25, 0.3) is 0 Å². The molecule has 0 aromatic carbocycles. The Labute approximate surface area is 99.2 Å². The van der Waals surface area contributed by atoms with Gasteiger partial charge in [-0.25, -0.2) is 13.1 Å². The average molecular weight is 248 g/mol. The van der Waals surface area contributed by atoms with Gasteiger partial charge >= 0.3 is 0 Å². The molecule has 0 saturated heterocycles. The highest BCUT2D eigenvalue weighted by molar-refractivity contribution is 7.89. The molecule has 16 heavy (non-hydrogen) atoms. The highest BCUT2D eigenvalue weighted by Gasteiger charge is 2.23. The summed E-state index contributed by atoms with van der Waals surface area (Å²) >= 11 is 0. The fourth-order valence-corrected chi connectivity index (χ4v) is 3.04. The topological polar surface area (TPSA) is 58.2 Å². The minimum Gasteiger partial charge on any atom is -0.313 e. The summed E-state index contributed by atoms with van der Waals surface area (Å²) in [6.45, 7) is 2.78. The van der Waals surface area contributed by atoms with Crippen LogP contribution in [0.2, 0.25) is 0 Å². The third-order valence-electron chi connectivity index (χ3n) is 3.52. The van der Waals surface area contributed by atoms with Gasteiger partial charge in [0, 0.05) is 12.6 Å². The normalized spacial score (nSPS) is 26.9. The summed E-state index contributed by atoms with van der Waals surface area (Å²) in [4.78, 5) is 0. The van der Waals surface area contributed by atoms with E-state index in [9.17, 15) is 8.42 Å². The van der Waals surface area contributed by atoms with E-state index in [1.165, 1.54) is 39.2 Å². The second-order valence-corrected chi connectivity index (χ2v) is 6.58. The standard InChI is InChI=1S/C11H24N2O2S/c1-3-10-6-4-5-7-11(10)13-8-9-16(14,15)12-2/h10-13H,3-9H2,1-2H3. The van der Waals surface area contributed by atoms with Crippen molar-refractivity contribution in [2.45, 2.75) is 45.1 Å². The zero-order chi connectivity index (χ0) is 12.0. The van der Waals surface area contributed by atoms with Crippen molar-refractivity contribution in [2.75, 3.05) is 19.3 Å². The molecule has 0 radical (unpaired) electrons. The first-order valence-electron chi connectivity index (χ1n) is 6.23. The van der Waals surface area contributed by atoms with Crippen molar-refractivity contribution in [1.29, 1.82) is 0 Å². The van der Waals surface area contributed by atoms with Gasteiger partial charge in [0.15, 0.2) is 0 Å². The maximum atomic E-state index is 11.2. The summed E-state index contributed by atoms with van der Waals surface area (Å²) in [5, 5.41) is 3.39. The van der Waals surface area contributed by atoms with Crippen molar-refractivity contribution in [3.05, 3.63) is 0 Å². The van der Waals surface area contributed by atoms with E-state index in [2.05, 4.69) is 17.0 Å². The molecule has 2 unspecified atom stereocenters. The summed E-state index contributed by atoms with van der Waals surface area (Å²) in [5.41, 5.74) is 0. The first kappa shape index (κ1) is 13.9. The van der Waals surface area contributed by atoms with Crippen molar-refractivity contribution < 1.29 is 8.42 Å². The van der Waals surface area contributed by atoms with Crippen LogP contribution in [0.5, 0.6) is 0 Å². The number of nitrogens with one attached hydrogen (secondary N) is 2. The molecule has 0 bridgehead atoms. The molecule has 0 aromatic heterocycles. The Bertz CT molecular complexity index is 290. The van der Waals surface area contributed by atoms with E-state index in [1.54, 1.807) is 0 Å². The van der Waals surface area contributed by atoms with Gasteiger partial charge in [0.1, 0.15) is 0 Å². The van der Waals surface area contributed by atoms with Gasteiger partial charge in [0.25, 0.3) is 0 Å². The van der Waals surface area contributed by atoms with Gasteiger partial charge in [-0.1, -0.05) is 26.2 Å². The lowest BCUT2D eigenvalue weighted by Crippen LogP contribution is -2.41. The van der Waals surface area contributed by atoms with Crippen LogP contribution in [-0.4, -0.2) is 33.8 Å². The third-order valence-corrected chi connectivity index (χ3v) is 4.89. The summed E-state index contributed by atoms with van der Waals surface area (Å²) in [6.07, 6.45) is 6.26. The minimum atomic E-state index is -3.06. The lowest BCUT2D eigenvalue weighted by molar-refractivity contribution is 0.259. The summed E-state index contributed by atoms with van der Waals surface area (Å²) in [7, 11) is -1.59. The first-order valence-corrected chi connectivity index (χ1v) is 7.89. The van der Waals surface area contributed by atoms with Gasteiger partial charge < -0.3 is 5.32 Å². The van der Waals surface area contributed by atoms with Gasteiger partial charge in [0.05, 0.1) is 5.75 Å². The van der Waals surface area contributed by atoms with Gasteiger partial charge in [-0.05, 0) is 25.8 Å². The molecule has 1 aliphatic carbocycles. The zero-order valence-corrected chi connectivity index (χ0v) is 11.1. The number of rotatable bonds is 6. The molecule has 96 valence electrons. The molecule has 0 spiro atoms. The van der Waals surface area contributed by atoms with Gasteiger partial charge in [-0.3, -0.25) is 0 Å². The van der Waals surface area contributed by atoms with Gasteiger partial charge in [0.2, 0.25) is 10.0 Å². The molecule has 1 fully saturated rings. The van der Waals surface area contributed by atoms with Crippen molar-refractivity contribution in [2.24, 2.45) is 5.92 Å². The van der Waals surface area contributed by atoms with Crippen LogP contribution in [-0.2, 0) is 10.0 Å². The second kappa shape index (κ2) is 6.57. The predicted octanol–water partition coefficient (Wildman–Crippen LogP) is 1.09. The number of sulfonamides is 1. The Morgan fingerprint density at radius 3 is 2.56 bits per heavy atom. The summed E-state index contributed by atoms with van der Waals surface area (Å²) in [5.74, 6) is 0.905. The van der Waals surface area contributed by atoms with E-state index in [4.69, 9.17) is 0 Å². The van der Waals surface area contributed by atoms with Gasteiger partial charge in [-0.2, -0.15) is 0 Å². The first-order chi connectivity index (χ1) is 7.59. The largest absolute Gasteiger partial charge is 0.313 e. The molecule has 1 rings (SSSR count). The van der Waals surface area contributed by atoms with Crippen molar-refractivity contribution in [3.8, 4) is 0 Å². The molecule has 2 N–H and O–H groups in total. The van der Waals surface area contributed by atoms with Crippen LogP contribution in [0.15, 0.2) is 0 Å². The molecule has 4 nitrogen and oxygen atoms in total. The van der Waals surface area contributed by atoms with Gasteiger partial charge in [-0.15, -0.1) is 0 Å². The molecular weight excluding hydrogens is 224 g/mol. The highest BCUT2D eigenvalue weighted by atomic mass is 32.2. The fourth-order valence-electron chi connectivity index (χ4n) is 2.45. The van der Waals surface area contributed by atoms with E-state index in [-0.39, 0.29) is 5.75 Å². The third kappa shape index (κ3) is 4.39. The van der Waals surface area contributed by atoms with E-state index in [1.807, 2.05) is 0 Å². The van der Waals surface area contributed by atoms with Crippen LogP contribution >= 0.6 is 0 Å². The predicted molar refractivity (Wildman–Crippen MR) is 66.9 cm³/mol. The van der Waals surface area contributed by atoms with Crippen LogP contribution < -0.4 is 10.0 Å². The summed E-state index contributed by atoms with van der Waals surface area (Å²) < 4.78 is 24.8. The maximum absolute atomic E-state index is 11.2. The Hall–Kier alpha value is -0.130. The average Bonchev–Trinajstić information content (AvgIpc) is 2.29. The summed E-state index contributed by atoms with van der Waals surface area (Å²) in [6, 6.07) is 0.519. The maximum Gasteiger partial charge on any atom is 0.212 e. The van der Waals surface area contributed by atoms with Crippen molar-refractivity contribution in [3.63, 3.8) is 0 Å². The molecular formula is C11H24N2O2S. The quantitative estimate of drug-likeness (QED) is 0.740. The molecule has 0 aliphatic heterocycles. The Morgan fingerprint density at radius 2 is 1.94 bits per heavy atom. The highest BCUT2D eigenvalue weighted by Crippen LogP contribution is 2.26. The number of hydrogen-bond acceptors (Lipinski definition) is 3. The molecule has 0 heterocycles. The second-order valence-electron chi connectivity index (χ2n) is 4.54. The van der Waals surface area contributed by atoms with Crippen LogP contribution in [0, 0.1) is 5.92 Å².